The van der Waals surface area contributed by atoms with E-state index in [1.165, 1.54) is 57.8 Å². The Kier molecular flexibility index (Phi) is 5.63. The van der Waals surface area contributed by atoms with E-state index >= 15 is 0 Å². The van der Waals surface area contributed by atoms with Crippen LogP contribution in [0.2, 0.25) is 0 Å². The van der Waals surface area contributed by atoms with Crippen LogP contribution in [0.4, 0.5) is 0 Å². The third kappa shape index (κ3) is 3.92. The van der Waals surface area contributed by atoms with Gasteiger partial charge in [-0.2, -0.15) is 0 Å². The fourth-order valence-electron chi connectivity index (χ4n) is 4.55. The van der Waals surface area contributed by atoms with Crippen molar-refractivity contribution in [3.05, 3.63) is 0 Å². The zero-order valence-corrected chi connectivity index (χ0v) is 12.6. The Hall–Kier alpha value is -0.620. The second kappa shape index (κ2) is 7.24. The van der Waals surface area contributed by atoms with Crippen molar-refractivity contribution in [2.45, 2.75) is 77.7 Å². The van der Waals surface area contributed by atoms with Gasteiger partial charge < -0.3 is 0 Å². The molecule has 0 heterocycles. The van der Waals surface area contributed by atoms with Gasteiger partial charge in [-0.05, 0) is 55.8 Å². The van der Waals surface area contributed by atoms with Gasteiger partial charge in [-0.1, -0.05) is 39.5 Å². The Morgan fingerprint density at radius 2 is 1.84 bits per heavy atom. The Morgan fingerprint density at radius 1 is 1.11 bits per heavy atom. The molecule has 2 fully saturated rings. The quantitative estimate of drug-likeness (QED) is 0.532. The Balaban J connectivity index is 2.06. The van der Waals surface area contributed by atoms with Gasteiger partial charge in [0.25, 0.3) is 0 Å². The van der Waals surface area contributed by atoms with E-state index in [1.807, 2.05) is 6.08 Å². The molecule has 4 unspecified atom stereocenters. The zero-order valence-electron chi connectivity index (χ0n) is 12.6. The van der Waals surface area contributed by atoms with Crippen LogP contribution in [0.25, 0.3) is 0 Å². The number of nitrogens with zero attached hydrogens (tertiary/aromatic N) is 1. The highest BCUT2D eigenvalue weighted by molar-refractivity contribution is 5.34. The second-order valence-corrected chi connectivity index (χ2v) is 6.96. The largest absolute Gasteiger partial charge is 0.235 e. The molecule has 0 aromatic carbocycles. The lowest BCUT2D eigenvalue weighted by Crippen LogP contribution is -2.34. The molecule has 2 aliphatic rings. The Labute approximate surface area is 118 Å². The number of rotatable bonds is 4. The molecule has 4 atom stereocenters. The molecule has 2 saturated carbocycles. The molecule has 2 rings (SSSR count). The first-order chi connectivity index (χ1) is 9.24. The smallest absolute Gasteiger partial charge is 0.211 e. The second-order valence-electron chi connectivity index (χ2n) is 6.96. The number of hydrogen-bond acceptors (Lipinski definition) is 2. The first-order valence-corrected chi connectivity index (χ1v) is 8.31. The fraction of sp³-hybridized carbons (Fsp3) is 0.941. The molecule has 108 valence electrons. The molecule has 2 nitrogen and oxygen atoms in total. The lowest BCUT2D eigenvalue weighted by atomic mass is 9.68. The fourth-order valence-corrected chi connectivity index (χ4v) is 4.55. The van der Waals surface area contributed by atoms with Crippen molar-refractivity contribution in [2.24, 2.45) is 28.7 Å². The third-order valence-corrected chi connectivity index (χ3v) is 5.47. The zero-order chi connectivity index (χ0) is 13.7. The number of isocyanates is 1. The van der Waals surface area contributed by atoms with E-state index in [9.17, 15) is 4.79 Å². The van der Waals surface area contributed by atoms with Crippen LogP contribution in [0, 0.1) is 23.7 Å². The van der Waals surface area contributed by atoms with Crippen LogP contribution in [0.3, 0.4) is 0 Å². The van der Waals surface area contributed by atoms with Crippen molar-refractivity contribution < 1.29 is 4.79 Å². The summed E-state index contributed by atoms with van der Waals surface area (Å²) in [6, 6.07) is 0.273. The van der Waals surface area contributed by atoms with E-state index in [4.69, 9.17) is 0 Å². The van der Waals surface area contributed by atoms with Gasteiger partial charge in [-0.3, -0.25) is 0 Å². The van der Waals surface area contributed by atoms with Gasteiger partial charge in [0.2, 0.25) is 6.08 Å². The first-order valence-electron chi connectivity index (χ1n) is 8.31. The average Bonchev–Trinajstić information content (AvgIpc) is 2.45. The van der Waals surface area contributed by atoms with Crippen LogP contribution in [-0.2, 0) is 4.79 Å². The van der Waals surface area contributed by atoms with E-state index in [1.54, 1.807) is 0 Å². The van der Waals surface area contributed by atoms with Crippen molar-refractivity contribution in [3.8, 4) is 0 Å². The van der Waals surface area contributed by atoms with Crippen molar-refractivity contribution in [3.63, 3.8) is 0 Å². The van der Waals surface area contributed by atoms with Crippen LogP contribution >= 0.6 is 0 Å². The Morgan fingerprint density at radius 3 is 2.47 bits per heavy atom. The summed E-state index contributed by atoms with van der Waals surface area (Å²) in [7, 11) is 0. The van der Waals surface area contributed by atoms with Gasteiger partial charge in [0, 0.05) is 0 Å². The highest BCUT2D eigenvalue weighted by atomic mass is 16.1. The molecule has 0 saturated heterocycles. The molecule has 2 aliphatic carbocycles. The van der Waals surface area contributed by atoms with Crippen molar-refractivity contribution in [1.29, 1.82) is 0 Å². The van der Waals surface area contributed by atoms with Crippen LogP contribution in [0.1, 0.15) is 71.6 Å². The third-order valence-electron chi connectivity index (χ3n) is 5.47. The van der Waals surface area contributed by atoms with Crippen LogP contribution in [0.15, 0.2) is 4.99 Å². The molecular formula is C17H29NO. The lowest BCUT2D eigenvalue weighted by molar-refractivity contribution is 0.139. The normalized spacial score (nSPS) is 34.5. The highest BCUT2D eigenvalue weighted by Gasteiger charge is 2.35. The van der Waals surface area contributed by atoms with Gasteiger partial charge in [0.1, 0.15) is 0 Å². The molecule has 19 heavy (non-hydrogen) atoms. The predicted molar refractivity (Wildman–Crippen MR) is 78.8 cm³/mol. The minimum absolute atomic E-state index is 0.273. The van der Waals surface area contributed by atoms with Crippen LogP contribution < -0.4 is 0 Å². The molecule has 0 aliphatic heterocycles. The molecule has 0 amide bonds. The number of hydrogen-bond donors (Lipinski definition) is 0. The van der Waals surface area contributed by atoms with E-state index in [-0.39, 0.29) is 6.04 Å². The molecule has 2 heteroatoms. The molecule has 0 aromatic heterocycles. The summed E-state index contributed by atoms with van der Waals surface area (Å²) in [5, 5.41) is 0. The summed E-state index contributed by atoms with van der Waals surface area (Å²) in [5.74, 6) is 2.94. The first kappa shape index (κ1) is 14.8. The minimum atomic E-state index is 0.273. The maximum Gasteiger partial charge on any atom is 0.235 e. The van der Waals surface area contributed by atoms with Crippen molar-refractivity contribution in [2.75, 3.05) is 0 Å². The summed E-state index contributed by atoms with van der Waals surface area (Å²) in [6.45, 7) is 4.68. The Bertz CT molecular complexity index is 315. The summed E-state index contributed by atoms with van der Waals surface area (Å²) < 4.78 is 0. The van der Waals surface area contributed by atoms with E-state index < -0.39 is 0 Å². The maximum absolute atomic E-state index is 10.8. The summed E-state index contributed by atoms with van der Waals surface area (Å²) >= 11 is 0. The van der Waals surface area contributed by atoms with Crippen molar-refractivity contribution >= 4 is 6.08 Å². The molecule has 0 aromatic rings. The van der Waals surface area contributed by atoms with E-state index in [2.05, 4.69) is 18.8 Å². The highest BCUT2D eigenvalue weighted by Crippen LogP contribution is 2.41. The monoisotopic (exact) mass is 263 g/mol. The average molecular weight is 263 g/mol. The van der Waals surface area contributed by atoms with Gasteiger partial charge in [-0.15, -0.1) is 0 Å². The topological polar surface area (TPSA) is 29.4 Å². The number of aliphatic imine (C=N–C) groups is 1. The predicted octanol–water partition coefficient (Wildman–Crippen LogP) is 4.73. The summed E-state index contributed by atoms with van der Waals surface area (Å²) in [5.41, 5.74) is 0. The van der Waals surface area contributed by atoms with Crippen molar-refractivity contribution in [1.82, 2.24) is 0 Å². The van der Waals surface area contributed by atoms with Crippen LogP contribution in [-0.4, -0.2) is 12.1 Å². The lowest BCUT2D eigenvalue weighted by Gasteiger charge is -2.39. The molecular weight excluding hydrogens is 234 g/mol. The molecule has 0 spiro atoms. The van der Waals surface area contributed by atoms with Gasteiger partial charge in [0.15, 0.2) is 0 Å². The summed E-state index contributed by atoms with van der Waals surface area (Å²) in [4.78, 5) is 15.1. The van der Waals surface area contributed by atoms with E-state index in [0.717, 1.165) is 11.8 Å². The standard InChI is InChI=1S/C17H29NO/c1-3-14-9-13(2)10-16(11-14)17(18-12-19)15-7-5-4-6-8-15/h13-17H,3-11H2,1-2H3. The maximum atomic E-state index is 10.8. The molecule has 0 N–H and O–H groups in total. The van der Waals surface area contributed by atoms with Gasteiger partial charge in [0.05, 0.1) is 6.04 Å². The van der Waals surface area contributed by atoms with Gasteiger partial charge in [-0.25, -0.2) is 9.79 Å². The van der Waals surface area contributed by atoms with Crippen LogP contribution in [0.5, 0.6) is 0 Å². The van der Waals surface area contributed by atoms with Gasteiger partial charge >= 0.3 is 0 Å². The number of carbonyl (C=O) groups excluding carboxylic acids is 1. The molecule has 0 radical (unpaired) electrons. The minimum Gasteiger partial charge on any atom is -0.211 e. The van der Waals surface area contributed by atoms with E-state index in [0.29, 0.717) is 11.8 Å². The SMILES string of the molecule is CCC1CC(C)CC(C(N=C=O)C2CCCCC2)C1. The molecule has 0 bridgehead atoms. The summed E-state index contributed by atoms with van der Waals surface area (Å²) in [6.07, 6.45) is 13.7.